The van der Waals surface area contributed by atoms with Gasteiger partial charge in [0.05, 0.1) is 32.1 Å². The highest BCUT2D eigenvalue weighted by Crippen LogP contribution is 2.25. The van der Waals surface area contributed by atoms with Crippen LogP contribution in [-0.2, 0) is 14.4 Å². The lowest BCUT2D eigenvalue weighted by Gasteiger charge is -2.44. The van der Waals surface area contributed by atoms with Crippen LogP contribution in [0.25, 0.3) is 0 Å². The fourth-order valence-electron chi connectivity index (χ4n) is 6.44. The lowest BCUT2D eigenvalue weighted by molar-refractivity contribution is -0.935. The van der Waals surface area contributed by atoms with Crippen molar-refractivity contribution in [3.8, 4) is 0 Å². The number of unbranched alkanes of at least 4 members (excludes halogenated alkanes) is 16. The second-order valence-electron chi connectivity index (χ2n) is 13.3. The number of allylic oxidation sites excluding steroid dienone is 2. The Morgan fingerprint density at radius 3 is 1.23 bits per heavy atom. The molecule has 3 atom stereocenters. The van der Waals surface area contributed by atoms with Crippen LogP contribution in [-0.4, -0.2) is 58.8 Å². The Bertz CT molecular complexity index is 707. The van der Waals surface area contributed by atoms with Crippen LogP contribution in [0, 0.1) is 17.8 Å². The average Bonchev–Trinajstić information content (AvgIpc) is 2.99. The Hall–Kier alpha value is -1.89. The lowest BCUT2D eigenvalue weighted by Crippen LogP contribution is -2.59. The third kappa shape index (κ3) is 21.0. The molecule has 7 heteroatoms. The van der Waals surface area contributed by atoms with Gasteiger partial charge in [-0.3, -0.25) is 9.59 Å². The first-order valence-corrected chi connectivity index (χ1v) is 18.3. The first-order valence-electron chi connectivity index (χ1n) is 18.3. The fourth-order valence-corrected chi connectivity index (χ4v) is 6.44. The Morgan fingerprint density at radius 2 is 0.886 bits per heavy atom. The summed E-state index contributed by atoms with van der Waals surface area (Å²) in [5.41, 5.74) is 0. The summed E-state index contributed by atoms with van der Waals surface area (Å²) in [4.78, 5) is 35.9. The smallest absolute Gasteiger partial charge is 0.312 e. The van der Waals surface area contributed by atoms with Crippen molar-refractivity contribution in [2.75, 3.05) is 26.2 Å². The van der Waals surface area contributed by atoms with E-state index in [0.29, 0.717) is 25.8 Å². The molecule has 7 nitrogen and oxygen atoms in total. The molecule has 0 aliphatic rings. The summed E-state index contributed by atoms with van der Waals surface area (Å²) in [6, 6.07) is 0. The molecule has 44 heavy (non-hydrogen) atoms. The summed E-state index contributed by atoms with van der Waals surface area (Å²) in [5.74, 6) is -4.96. The summed E-state index contributed by atoms with van der Waals surface area (Å²) in [6.45, 7) is 9.05. The lowest BCUT2D eigenvalue weighted by atomic mass is 9.95. The molecule has 0 heterocycles. The van der Waals surface area contributed by atoms with Crippen LogP contribution in [0.3, 0.4) is 0 Å². The van der Waals surface area contributed by atoms with Gasteiger partial charge in [0.1, 0.15) is 11.8 Å². The van der Waals surface area contributed by atoms with E-state index < -0.39 is 35.7 Å². The molecule has 0 aromatic carbocycles. The first kappa shape index (κ1) is 42.1. The highest BCUT2D eigenvalue weighted by Gasteiger charge is 2.39. The van der Waals surface area contributed by atoms with E-state index >= 15 is 0 Å². The molecule has 0 aliphatic carbocycles. The number of carboxylic acid groups (broad SMARTS) is 3. The first-order chi connectivity index (χ1) is 21.2. The van der Waals surface area contributed by atoms with Gasteiger partial charge in [-0.15, -0.1) is 0 Å². The van der Waals surface area contributed by atoms with Gasteiger partial charge in [-0.1, -0.05) is 117 Å². The van der Waals surface area contributed by atoms with E-state index in [9.17, 15) is 29.7 Å². The topological polar surface area (TPSA) is 115 Å². The molecule has 0 rings (SSSR count). The monoisotopic (exact) mass is 624 g/mol. The molecule has 0 radical (unpaired) electrons. The van der Waals surface area contributed by atoms with Crippen LogP contribution in [0.5, 0.6) is 0 Å². The Morgan fingerprint density at radius 1 is 0.545 bits per heavy atom. The highest BCUT2D eigenvalue weighted by atomic mass is 16.4. The molecule has 0 bridgehead atoms. The minimum atomic E-state index is -1.14. The summed E-state index contributed by atoms with van der Waals surface area (Å²) in [7, 11) is 0. The maximum absolute atomic E-state index is 12.0. The standard InChI is InChI=1S/C37H69NO6/c1-5-9-10-11-12-13-14-15-16-17-18-19-20-21-22-23-24-25-26-27-28-38(29-32(6-2)35(39)40,30-33(7-3)36(41)42)31-34(8-4)37(43)44/h18-19,32-34H,5-17,20-31H2,1-4H3,(H2-,39,40,41,42,43,44)/b19-18+. The average molecular weight is 624 g/mol. The number of carbonyl (C=O) groups is 3. The molecule has 2 N–H and O–H groups in total. The third-order valence-corrected chi connectivity index (χ3v) is 9.48. The zero-order chi connectivity index (χ0) is 33.1. The Kier molecular flexibility index (Phi) is 26.2. The Labute approximate surface area is 270 Å². The number of aliphatic carboxylic acids is 3. The van der Waals surface area contributed by atoms with E-state index in [0.717, 1.165) is 32.1 Å². The predicted molar refractivity (Wildman–Crippen MR) is 179 cm³/mol. The SMILES string of the molecule is CCCCCCCCCCC/C=C/CCCCCCCCC[N+](CC(CC)C(=O)[O-])(CC(CC)C(=O)O)CC(CC)C(=O)O. The molecule has 0 aromatic rings. The maximum atomic E-state index is 12.0. The predicted octanol–water partition coefficient (Wildman–Crippen LogP) is 8.40. The molecule has 3 unspecified atom stereocenters. The zero-order valence-corrected chi connectivity index (χ0v) is 29.0. The van der Waals surface area contributed by atoms with Gasteiger partial charge >= 0.3 is 11.9 Å². The van der Waals surface area contributed by atoms with E-state index in [1.54, 1.807) is 6.92 Å². The van der Waals surface area contributed by atoms with Crippen molar-refractivity contribution in [2.24, 2.45) is 17.8 Å². The zero-order valence-electron chi connectivity index (χ0n) is 29.0. The molecular formula is C37H69NO6. The van der Waals surface area contributed by atoms with Gasteiger partial charge < -0.3 is 24.6 Å². The van der Waals surface area contributed by atoms with Crippen molar-refractivity contribution in [1.82, 2.24) is 0 Å². The minimum Gasteiger partial charge on any atom is -0.550 e. The van der Waals surface area contributed by atoms with Crippen molar-refractivity contribution >= 4 is 17.9 Å². The van der Waals surface area contributed by atoms with Crippen molar-refractivity contribution in [1.29, 1.82) is 0 Å². The van der Waals surface area contributed by atoms with Gasteiger partial charge in [-0.05, 0) is 57.8 Å². The number of carboxylic acids is 3. The molecule has 0 fully saturated rings. The third-order valence-electron chi connectivity index (χ3n) is 9.48. The fraction of sp³-hybridized carbons (Fsp3) is 0.865. The van der Waals surface area contributed by atoms with Crippen LogP contribution < -0.4 is 5.11 Å². The number of hydrogen-bond acceptors (Lipinski definition) is 4. The number of quaternary nitrogens is 1. The maximum Gasteiger partial charge on any atom is 0.312 e. The normalized spacial score (nSPS) is 15.2. The van der Waals surface area contributed by atoms with Crippen molar-refractivity contribution in [2.45, 2.75) is 163 Å². The Balaban J connectivity index is 4.59. The molecule has 0 saturated carbocycles. The van der Waals surface area contributed by atoms with E-state index in [1.165, 1.54) is 83.5 Å². The van der Waals surface area contributed by atoms with Crippen molar-refractivity contribution < 1.29 is 34.2 Å². The van der Waals surface area contributed by atoms with E-state index in [1.807, 2.05) is 13.8 Å². The molecule has 0 aliphatic heterocycles. The van der Waals surface area contributed by atoms with Crippen LogP contribution in [0.2, 0.25) is 0 Å². The van der Waals surface area contributed by atoms with Crippen LogP contribution >= 0.6 is 0 Å². The quantitative estimate of drug-likeness (QED) is 0.0442. The summed E-state index contributed by atoms with van der Waals surface area (Å²) in [5, 5.41) is 31.5. The minimum absolute atomic E-state index is 0.216. The number of rotatable bonds is 32. The van der Waals surface area contributed by atoms with Gasteiger partial charge in [0.2, 0.25) is 0 Å². The number of carbonyl (C=O) groups excluding carboxylic acids is 1. The second kappa shape index (κ2) is 27.4. The number of hydrogen-bond donors (Lipinski definition) is 2. The number of nitrogens with zero attached hydrogens (tertiary/aromatic N) is 1. The van der Waals surface area contributed by atoms with Gasteiger partial charge in [-0.25, -0.2) is 0 Å². The van der Waals surface area contributed by atoms with Crippen LogP contribution in [0.1, 0.15) is 163 Å². The van der Waals surface area contributed by atoms with Crippen LogP contribution in [0.4, 0.5) is 0 Å². The van der Waals surface area contributed by atoms with E-state index in [4.69, 9.17) is 0 Å². The molecular weight excluding hydrogens is 554 g/mol. The van der Waals surface area contributed by atoms with Crippen molar-refractivity contribution in [3.05, 3.63) is 12.2 Å². The van der Waals surface area contributed by atoms with Crippen LogP contribution in [0.15, 0.2) is 12.2 Å². The molecule has 0 spiro atoms. The van der Waals surface area contributed by atoms with Gasteiger partial charge in [0, 0.05) is 5.92 Å². The molecule has 258 valence electrons. The van der Waals surface area contributed by atoms with Gasteiger partial charge in [0.25, 0.3) is 0 Å². The highest BCUT2D eigenvalue weighted by molar-refractivity contribution is 5.70. The largest absolute Gasteiger partial charge is 0.550 e. The molecule has 0 aromatic heterocycles. The van der Waals surface area contributed by atoms with Crippen molar-refractivity contribution in [3.63, 3.8) is 0 Å². The van der Waals surface area contributed by atoms with E-state index in [2.05, 4.69) is 19.1 Å². The van der Waals surface area contributed by atoms with Gasteiger partial charge in [-0.2, -0.15) is 0 Å². The molecule has 0 amide bonds. The summed E-state index contributed by atoms with van der Waals surface area (Å²) >= 11 is 0. The second-order valence-corrected chi connectivity index (χ2v) is 13.3. The summed E-state index contributed by atoms with van der Waals surface area (Å²) in [6.07, 6.45) is 28.3. The summed E-state index contributed by atoms with van der Waals surface area (Å²) < 4.78 is 0.216. The van der Waals surface area contributed by atoms with Gasteiger partial charge in [0.15, 0.2) is 0 Å². The van der Waals surface area contributed by atoms with E-state index in [-0.39, 0.29) is 24.1 Å². The molecule has 0 saturated heterocycles.